The Labute approximate surface area is 648 Å². The summed E-state index contributed by atoms with van der Waals surface area (Å²) in [6.45, 7) is 7.23. The van der Waals surface area contributed by atoms with Crippen molar-refractivity contribution in [3.63, 3.8) is 0 Å². The highest BCUT2D eigenvalue weighted by Gasteiger charge is 2.24. The quantitative estimate of drug-likeness (QED) is 0.0571. The lowest BCUT2D eigenvalue weighted by molar-refractivity contribution is 0.0826. The van der Waals surface area contributed by atoms with Gasteiger partial charge in [-0.25, -0.2) is 39.4 Å². The Bertz CT molecular complexity index is 4960. The predicted octanol–water partition coefficient (Wildman–Crippen LogP) is 17.5. The molecule has 0 radical (unpaired) electrons. The number of nitrogens with two attached hydrogens (primary N) is 2. The zero-order chi connectivity index (χ0) is 78.3. The van der Waals surface area contributed by atoms with E-state index in [9.17, 15) is 34.8 Å². The molecule has 26 heteroatoms. The fraction of sp³-hybridized carbons (Fsp3) is 0.225. The molecule has 0 atom stereocenters. The molecule has 106 heavy (non-hydrogen) atoms. The van der Waals surface area contributed by atoms with Gasteiger partial charge in [0.15, 0.2) is 0 Å². The zero-order valence-electron chi connectivity index (χ0n) is 60.7. The lowest BCUT2D eigenvalue weighted by atomic mass is 9.97. The van der Waals surface area contributed by atoms with E-state index in [0.29, 0.717) is 69.3 Å². The first-order valence-electron chi connectivity index (χ1n) is 32.4. The molecular formula is C80H86Cl5N5O13S3. The van der Waals surface area contributed by atoms with Crippen molar-refractivity contribution in [1.82, 2.24) is 13.9 Å². The minimum atomic E-state index is -3.73. The number of halogens is 5. The lowest BCUT2D eigenvalue weighted by Gasteiger charge is -2.21. The Morgan fingerprint density at radius 2 is 0.632 bits per heavy atom. The fourth-order valence-corrected chi connectivity index (χ4v) is 14.2. The molecule has 0 bridgehead atoms. The highest BCUT2D eigenvalue weighted by Crippen LogP contribution is 2.34. The van der Waals surface area contributed by atoms with Crippen molar-refractivity contribution >= 4 is 99.9 Å². The molecule has 5 N–H and O–H groups in total. The molecular weight excluding hydrogens is 1510 g/mol. The zero-order valence-corrected chi connectivity index (χ0v) is 66.9. The molecule has 0 aromatic heterocycles. The van der Waals surface area contributed by atoms with Crippen LogP contribution in [0.2, 0.25) is 25.1 Å². The van der Waals surface area contributed by atoms with Gasteiger partial charge in [0.2, 0.25) is 36.0 Å². The van der Waals surface area contributed by atoms with Gasteiger partial charge in [0.25, 0.3) is 5.91 Å². The van der Waals surface area contributed by atoms with Gasteiger partial charge in [0.1, 0.15) is 0 Å². The Morgan fingerprint density at radius 1 is 0.377 bits per heavy atom. The number of primary amides is 1. The average Bonchev–Trinajstić information content (AvgIpc) is 0.803. The summed E-state index contributed by atoms with van der Waals surface area (Å²) in [7, 11) is 3.70. The van der Waals surface area contributed by atoms with Crippen LogP contribution >= 0.6 is 58.0 Å². The summed E-state index contributed by atoms with van der Waals surface area (Å²) in [6.07, 6.45) is 0. The van der Waals surface area contributed by atoms with E-state index in [1.54, 1.807) is 146 Å². The van der Waals surface area contributed by atoms with Crippen molar-refractivity contribution in [1.29, 1.82) is 0 Å². The van der Waals surface area contributed by atoms with Crippen LogP contribution in [0.5, 0.6) is 0 Å². The lowest BCUT2D eigenvalue weighted by Crippen LogP contribution is -2.40. The van der Waals surface area contributed by atoms with Crippen LogP contribution in [0.25, 0.3) is 55.6 Å². The Morgan fingerprint density at radius 3 is 0.906 bits per heavy atom. The maximum absolute atomic E-state index is 12.5. The highest BCUT2D eigenvalue weighted by molar-refractivity contribution is 7.89. The highest BCUT2D eigenvalue weighted by atomic mass is 35.5. The third-order valence-electron chi connectivity index (χ3n) is 15.5. The molecule has 0 fully saturated rings. The SMILES string of the molecule is COCc1cc(C(=O)N(C)C)ccc1-c1ccc(Cl)cc1.COCc1cc(C(N)=O)ccc1-c1ccc(Cl)cc1.COCc1cc(S(=O)(=O)N(C)C)ccc1-c1ccc(Cl)cc1.COCc1cc(S(=O)(=O)NC(C)(C)C)ccc1-c1ccc(Cl)cc1.COCc1cc(S(N)(=O)=O)ccc1-c1ccc(Cl)cc1. The van der Waals surface area contributed by atoms with Crippen molar-refractivity contribution < 1.29 is 58.5 Å². The number of ether oxygens (including phenoxy) is 5. The molecule has 0 aliphatic rings. The van der Waals surface area contributed by atoms with Gasteiger partial charge in [-0.2, -0.15) is 0 Å². The van der Waals surface area contributed by atoms with Crippen LogP contribution in [0.1, 0.15) is 69.3 Å². The number of amides is 2. The van der Waals surface area contributed by atoms with E-state index in [0.717, 1.165) is 83.5 Å². The molecule has 10 rings (SSSR count). The molecule has 18 nitrogen and oxygen atoms in total. The number of hydrogen-bond donors (Lipinski definition) is 3. The molecule has 0 aliphatic heterocycles. The molecule has 10 aromatic carbocycles. The van der Waals surface area contributed by atoms with Crippen LogP contribution in [0.4, 0.5) is 0 Å². The largest absolute Gasteiger partial charge is 0.380 e. The first-order valence-corrected chi connectivity index (χ1v) is 38.8. The summed E-state index contributed by atoms with van der Waals surface area (Å²) in [5, 5.41) is 8.48. The molecule has 0 saturated heterocycles. The van der Waals surface area contributed by atoms with Gasteiger partial charge < -0.3 is 34.3 Å². The summed E-state index contributed by atoms with van der Waals surface area (Å²) in [4.78, 5) is 25.4. The van der Waals surface area contributed by atoms with E-state index in [-0.39, 0.29) is 20.6 Å². The van der Waals surface area contributed by atoms with Gasteiger partial charge in [-0.3, -0.25) is 9.59 Å². The maximum atomic E-state index is 12.5. The third kappa shape index (κ3) is 25.7. The predicted molar refractivity (Wildman–Crippen MR) is 427 cm³/mol. The Hall–Kier alpha value is -7.88. The summed E-state index contributed by atoms with van der Waals surface area (Å²) < 4.78 is 102. The number of primary sulfonamides is 1. The number of carbonyl (C=O) groups excluding carboxylic acids is 2. The smallest absolute Gasteiger partial charge is 0.253 e. The molecule has 10 aromatic rings. The average molecular weight is 1600 g/mol. The maximum Gasteiger partial charge on any atom is 0.253 e. The van der Waals surface area contributed by atoms with Crippen molar-refractivity contribution in [2.24, 2.45) is 10.9 Å². The van der Waals surface area contributed by atoms with E-state index >= 15 is 0 Å². The normalized spacial score (nSPS) is 11.4. The Kier molecular flexibility index (Phi) is 33.1. The molecule has 0 spiro atoms. The molecule has 0 aliphatic carbocycles. The second kappa shape index (κ2) is 40.4. The molecule has 0 unspecified atom stereocenters. The van der Waals surface area contributed by atoms with Crippen LogP contribution in [0, 0.1) is 0 Å². The monoisotopic (exact) mass is 1600 g/mol. The first kappa shape index (κ1) is 87.0. The van der Waals surface area contributed by atoms with E-state index in [1.165, 1.54) is 30.5 Å². The van der Waals surface area contributed by atoms with E-state index in [1.807, 2.05) is 130 Å². The number of benzene rings is 10. The van der Waals surface area contributed by atoms with Gasteiger partial charge in [0, 0.05) is 106 Å². The number of sulfonamides is 3. The van der Waals surface area contributed by atoms with Gasteiger partial charge in [-0.15, -0.1) is 0 Å². The van der Waals surface area contributed by atoms with Crippen molar-refractivity contribution in [2.75, 3.05) is 63.7 Å². The summed E-state index contributed by atoms with van der Waals surface area (Å²) in [6, 6.07) is 63.2. The summed E-state index contributed by atoms with van der Waals surface area (Å²) >= 11 is 29.5. The number of nitrogens with one attached hydrogen (secondary N) is 1. The molecule has 2 amide bonds. The second-order valence-electron chi connectivity index (χ2n) is 25.2. The van der Waals surface area contributed by atoms with Crippen LogP contribution in [0.15, 0.2) is 227 Å². The van der Waals surface area contributed by atoms with E-state index in [4.69, 9.17) is 92.6 Å². The summed E-state index contributed by atoms with van der Waals surface area (Å²) in [5.74, 6) is -0.463. The fourth-order valence-electron chi connectivity index (χ4n) is 10.5. The number of carbonyl (C=O) groups is 2. The van der Waals surface area contributed by atoms with Crippen molar-refractivity contribution in [2.45, 2.75) is 74.0 Å². The van der Waals surface area contributed by atoms with Gasteiger partial charge in [-0.05, 0) is 226 Å². The minimum Gasteiger partial charge on any atom is -0.380 e. The standard InChI is InChI=1S/C18H22ClNO3S.C17H18ClNO2.C16H18ClNO3S.C15H14ClNO2.C14H14ClNO3S/c1-18(2,3)20-24(21,22)16-9-10-17(14(11-16)12-23-4)13-5-7-15(19)8-6-13;1-19(2)17(20)13-6-9-16(14(10-13)11-21-3)12-4-7-15(18)8-5-12;1-18(2)22(19,20)15-8-9-16(13(10-15)11-21-3)12-4-6-14(17)7-5-12;1-19-9-12-8-11(15(17)18)4-7-14(12)10-2-5-13(16)6-3-10;1-19-9-11-8-13(20(16,17)18)6-7-14(11)10-2-4-12(15)5-3-10/h5-11,20H,12H2,1-4H3;4-10H,11H2,1-3H3;4-10H,11H2,1-3H3;2-8H,9H2,1H3,(H2,17,18);2-8H,9H2,1H3,(H2,16,17,18). The summed E-state index contributed by atoms with van der Waals surface area (Å²) in [5.41, 5.74) is 19.8. The van der Waals surface area contributed by atoms with Crippen LogP contribution in [-0.2, 0) is 86.8 Å². The number of nitrogens with zero attached hydrogens (tertiary/aromatic N) is 2. The first-order chi connectivity index (χ1) is 50.0. The molecule has 0 heterocycles. The molecule has 562 valence electrons. The van der Waals surface area contributed by atoms with E-state index < -0.39 is 41.5 Å². The van der Waals surface area contributed by atoms with Crippen molar-refractivity contribution in [3.8, 4) is 55.6 Å². The van der Waals surface area contributed by atoms with E-state index in [2.05, 4.69) is 4.72 Å². The van der Waals surface area contributed by atoms with Crippen LogP contribution in [0.3, 0.4) is 0 Å². The van der Waals surface area contributed by atoms with Crippen LogP contribution < -0.4 is 15.6 Å². The Balaban J connectivity index is 0.000000208. The number of rotatable bonds is 22. The van der Waals surface area contributed by atoms with Crippen molar-refractivity contribution in [3.05, 3.63) is 276 Å². The third-order valence-corrected chi connectivity index (χ3v) is 21.2. The topological polar surface area (TPSA) is 253 Å². The minimum absolute atomic E-state index is 0.0185. The molecule has 0 saturated carbocycles. The van der Waals surface area contributed by atoms with Gasteiger partial charge in [-0.1, -0.05) is 149 Å². The van der Waals surface area contributed by atoms with Gasteiger partial charge >= 0.3 is 0 Å². The second-order valence-corrected chi connectivity index (χ2v) is 32.7. The number of methoxy groups -OCH3 is 5. The van der Waals surface area contributed by atoms with Gasteiger partial charge in [0.05, 0.1) is 47.7 Å². The van der Waals surface area contributed by atoms with Crippen LogP contribution in [-0.4, -0.2) is 116 Å². The number of hydrogen-bond acceptors (Lipinski definition) is 13.